The Morgan fingerprint density at radius 2 is 1.46 bits per heavy atom. The number of aromatic nitrogens is 4. The molecule has 2 aliphatic rings. The summed E-state index contributed by atoms with van der Waals surface area (Å²) in [6.07, 6.45) is 7.84. The van der Waals surface area contributed by atoms with Crippen LogP contribution in [0.2, 0.25) is 0 Å². The van der Waals surface area contributed by atoms with Crippen molar-refractivity contribution in [1.29, 1.82) is 0 Å². The summed E-state index contributed by atoms with van der Waals surface area (Å²) in [5.41, 5.74) is 9.29. The van der Waals surface area contributed by atoms with Crippen LogP contribution in [0.4, 0.5) is 0 Å². The van der Waals surface area contributed by atoms with E-state index in [1.54, 1.807) is 0 Å². The highest BCUT2D eigenvalue weighted by Gasteiger charge is 2.07. The molecule has 8 bridgehead atoms. The van der Waals surface area contributed by atoms with Crippen LogP contribution in [0.5, 0.6) is 0 Å². The van der Waals surface area contributed by atoms with Gasteiger partial charge >= 0.3 is 0 Å². The average Bonchev–Trinajstić information content (AvgIpc) is 3.39. The van der Waals surface area contributed by atoms with Gasteiger partial charge in [0.05, 0.1) is 11.4 Å². The highest BCUT2D eigenvalue weighted by molar-refractivity contribution is 5.78. The maximum absolute atomic E-state index is 4.79. The molecule has 5 heterocycles. The fourth-order valence-corrected chi connectivity index (χ4v) is 3.45. The number of hydrogen-bond acceptors (Lipinski definition) is 2. The standard InChI is InChI=1S/C22H18N4/c1-2-14-9-21-12-19-6-5-17(24-19)10-15-3-4-16(23-15)11-18-7-8-20(25-18)13-22(14)26-21/h2-6,9-13,23,26H,1,7-8H2. The zero-order valence-corrected chi connectivity index (χ0v) is 14.3. The van der Waals surface area contributed by atoms with Crippen LogP contribution >= 0.6 is 0 Å². The van der Waals surface area contributed by atoms with Gasteiger partial charge in [-0.05, 0) is 73.0 Å². The summed E-state index contributed by atoms with van der Waals surface area (Å²) in [7, 11) is 0. The van der Waals surface area contributed by atoms with Gasteiger partial charge in [-0.15, -0.1) is 0 Å². The minimum absolute atomic E-state index is 0.930. The minimum Gasteiger partial charge on any atom is -0.355 e. The smallest absolute Gasteiger partial charge is 0.0658 e. The van der Waals surface area contributed by atoms with Gasteiger partial charge in [0.15, 0.2) is 0 Å². The molecule has 3 aromatic heterocycles. The molecular weight excluding hydrogens is 320 g/mol. The largest absolute Gasteiger partial charge is 0.355 e. The fraction of sp³-hybridized carbons (Fsp3) is 0.0909. The molecule has 0 radical (unpaired) electrons. The lowest BCUT2D eigenvalue weighted by molar-refractivity contribution is 1.03. The number of H-pyrrole nitrogens is 2. The van der Waals surface area contributed by atoms with Crippen molar-refractivity contribution >= 4 is 40.3 Å². The molecule has 4 heteroatoms. The molecule has 4 nitrogen and oxygen atoms in total. The quantitative estimate of drug-likeness (QED) is 0.518. The van der Waals surface area contributed by atoms with Crippen LogP contribution in [0, 0.1) is 0 Å². The first kappa shape index (κ1) is 14.9. The summed E-state index contributed by atoms with van der Waals surface area (Å²) in [6.45, 7) is 3.93. The van der Waals surface area contributed by atoms with Crippen LogP contribution in [0.25, 0.3) is 40.3 Å². The van der Waals surface area contributed by atoms with Crippen molar-refractivity contribution in [2.75, 3.05) is 0 Å². The predicted molar refractivity (Wildman–Crippen MR) is 107 cm³/mol. The second kappa shape index (κ2) is 5.85. The van der Waals surface area contributed by atoms with E-state index in [1.807, 2.05) is 18.2 Å². The van der Waals surface area contributed by atoms with Crippen LogP contribution < -0.4 is 0 Å². The second-order valence-electron chi connectivity index (χ2n) is 6.63. The molecule has 126 valence electrons. The topological polar surface area (TPSA) is 57.4 Å². The number of rotatable bonds is 1. The van der Waals surface area contributed by atoms with Gasteiger partial charge in [-0.1, -0.05) is 12.7 Å². The van der Waals surface area contributed by atoms with Gasteiger partial charge < -0.3 is 9.97 Å². The second-order valence-corrected chi connectivity index (χ2v) is 6.63. The first-order chi connectivity index (χ1) is 12.7. The van der Waals surface area contributed by atoms with Crippen molar-refractivity contribution in [3.05, 3.63) is 77.4 Å². The highest BCUT2D eigenvalue weighted by Crippen LogP contribution is 2.19. The van der Waals surface area contributed by atoms with Crippen LogP contribution in [0.1, 0.15) is 28.3 Å². The third kappa shape index (κ3) is 2.75. The molecule has 0 unspecified atom stereocenters. The minimum atomic E-state index is 0.930. The fourth-order valence-electron chi connectivity index (χ4n) is 3.45. The Kier molecular flexibility index (Phi) is 3.35. The molecule has 5 rings (SSSR count). The zero-order chi connectivity index (χ0) is 17.5. The third-order valence-electron chi connectivity index (χ3n) is 4.70. The van der Waals surface area contributed by atoms with Crippen molar-refractivity contribution in [2.45, 2.75) is 12.8 Å². The van der Waals surface area contributed by atoms with E-state index < -0.39 is 0 Å². The van der Waals surface area contributed by atoms with Gasteiger partial charge in [0.2, 0.25) is 0 Å². The Balaban J connectivity index is 1.86. The molecule has 2 aliphatic heterocycles. The molecule has 0 spiro atoms. The molecule has 0 saturated heterocycles. The summed E-state index contributed by atoms with van der Waals surface area (Å²) >= 11 is 0. The van der Waals surface area contributed by atoms with Gasteiger partial charge in [0.1, 0.15) is 0 Å². The van der Waals surface area contributed by atoms with Gasteiger partial charge in [-0.25, -0.2) is 4.98 Å². The zero-order valence-electron chi connectivity index (χ0n) is 14.3. The van der Waals surface area contributed by atoms with E-state index in [4.69, 9.17) is 4.98 Å². The number of aryl methyl sites for hydroxylation is 2. The summed E-state index contributed by atoms with van der Waals surface area (Å²) < 4.78 is 0. The maximum Gasteiger partial charge on any atom is 0.0658 e. The van der Waals surface area contributed by atoms with E-state index in [0.717, 1.165) is 63.2 Å². The van der Waals surface area contributed by atoms with Gasteiger partial charge in [0, 0.05) is 33.5 Å². The predicted octanol–water partition coefficient (Wildman–Crippen LogP) is 4.91. The molecule has 0 saturated carbocycles. The highest BCUT2D eigenvalue weighted by atomic mass is 14.8. The van der Waals surface area contributed by atoms with Crippen LogP contribution in [0.15, 0.2) is 49.0 Å². The normalized spacial score (nSPS) is 13.1. The maximum atomic E-state index is 4.79. The lowest BCUT2D eigenvalue weighted by Gasteiger charge is -1.87. The van der Waals surface area contributed by atoms with Gasteiger partial charge in [-0.3, -0.25) is 4.98 Å². The molecule has 26 heavy (non-hydrogen) atoms. The summed E-state index contributed by atoms with van der Waals surface area (Å²) in [4.78, 5) is 16.3. The first-order valence-corrected chi connectivity index (χ1v) is 8.76. The molecule has 0 fully saturated rings. The lowest BCUT2D eigenvalue weighted by atomic mass is 10.2. The van der Waals surface area contributed by atoms with Gasteiger partial charge in [-0.2, -0.15) is 0 Å². The number of nitrogens with zero attached hydrogens (tertiary/aromatic N) is 2. The van der Waals surface area contributed by atoms with E-state index >= 15 is 0 Å². The Labute approximate surface area is 151 Å². The SMILES string of the molecule is C=Cc1cc2cc3nc(cc4ccc(cc5nc(cc1[nH]2)CC5)[nH]4)C=C3. The summed E-state index contributed by atoms with van der Waals surface area (Å²) in [6, 6.07) is 14.6. The Bertz CT molecular complexity index is 1210. The van der Waals surface area contributed by atoms with E-state index in [2.05, 4.69) is 64.0 Å². The van der Waals surface area contributed by atoms with E-state index in [9.17, 15) is 0 Å². The molecule has 2 N–H and O–H groups in total. The number of nitrogens with one attached hydrogen (secondary N) is 2. The third-order valence-corrected chi connectivity index (χ3v) is 4.70. The monoisotopic (exact) mass is 338 g/mol. The van der Waals surface area contributed by atoms with Crippen LogP contribution in [-0.2, 0) is 12.8 Å². The van der Waals surface area contributed by atoms with Crippen LogP contribution in [-0.4, -0.2) is 19.9 Å². The Morgan fingerprint density at radius 1 is 0.769 bits per heavy atom. The summed E-state index contributed by atoms with van der Waals surface area (Å²) in [5, 5.41) is 0. The van der Waals surface area contributed by atoms with Crippen molar-refractivity contribution < 1.29 is 0 Å². The van der Waals surface area contributed by atoms with E-state index in [-0.39, 0.29) is 0 Å². The molecule has 0 atom stereocenters. The van der Waals surface area contributed by atoms with E-state index in [0.29, 0.717) is 0 Å². The van der Waals surface area contributed by atoms with E-state index in [1.165, 1.54) is 0 Å². The molecule has 0 aliphatic carbocycles. The van der Waals surface area contributed by atoms with Gasteiger partial charge in [0.25, 0.3) is 0 Å². The molecule has 3 aromatic rings. The number of hydrogen-bond donors (Lipinski definition) is 2. The number of fused-ring (bicyclic) bond motifs is 8. The Hall–Kier alpha value is -3.40. The average molecular weight is 338 g/mol. The van der Waals surface area contributed by atoms with Crippen molar-refractivity contribution in [2.24, 2.45) is 0 Å². The lowest BCUT2D eigenvalue weighted by Crippen LogP contribution is -1.78. The molecular formula is C22H18N4. The van der Waals surface area contributed by atoms with Crippen molar-refractivity contribution in [1.82, 2.24) is 19.9 Å². The molecule has 0 amide bonds. The van der Waals surface area contributed by atoms with Crippen molar-refractivity contribution in [3.8, 4) is 0 Å². The molecule has 0 aromatic carbocycles. The first-order valence-electron chi connectivity index (χ1n) is 8.76. The van der Waals surface area contributed by atoms with Crippen molar-refractivity contribution in [3.63, 3.8) is 0 Å². The van der Waals surface area contributed by atoms with Crippen LogP contribution in [0.3, 0.4) is 0 Å². The Morgan fingerprint density at radius 3 is 2.23 bits per heavy atom. The summed E-state index contributed by atoms with van der Waals surface area (Å²) in [5.74, 6) is 0. The number of aromatic amines is 2.